The summed E-state index contributed by atoms with van der Waals surface area (Å²) < 4.78 is 37.8. The molecule has 6 nitrogen and oxygen atoms in total. The number of rotatable bonds is 3. The van der Waals surface area contributed by atoms with Crippen molar-refractivity contribution in [3.63, 3.8) is 0 Å². The van der Waals surface area contributed by atoms with Crippen LogP contribution in [0.4, 0.5) is 0 Å². The zero-order valence-corrected chi connectivity index (χ0v) is 21.2. The van der Waals surface area contributed by atoms with Gasteiger partial charge in [-0.05, 0) is 36.4 Å². The fourth-order valence-electron chi connectivity index (χ4n) is 4.62. The molecule has 0 spiro atoms. The second-order valence-corrected chi connectivity index (χ2v) is 10.2. The molecule has 3 saturated heterocycles. The quantitative estimate of drug-likeness (QED) is 0.364. The molecule has 0 bridgehead atoms. The number of halogens is 3. The molecule has 9 heteroatoms. The summed E-state index contributed by atoms with van der Waals surface area (Å²) in [5, 5.41) is 1.92. The molecule has 36 heavy (non-hydrogen) atoms. The molecule has 3 heterocycles. The van der Waals surface area contributed by atoms with Crippen molar-refractivity contribution < 1.29 is 28.4 Å². The van der Waals surface area contributed by atoms with E-state index in [0.29, 0.717) is 15.1 Å². The van der Waals surface area contributed by atoms with Crippen LogP contribution in [0.3, 0.4) is 0 Å². The molecule has 3 aliphatic heterocycles. The van der Waals surface area contributed by atoms with Gasteiger partial charge in [0.05, 0.1) is 13.2 Å². The molecule has 6 rings (SSSR count). The first kappa shape index (κ1) is 24.6. The zero-order chi connectivity index (χ0) is 24.6. The van der Waals surface area contributed by atoms with Crippen molar-refractivity contribution >= 4 is 34.8 Å². The first-order valence-electron chi connectivity index (χ1n) is 11.6. The summed E-state index contributed by atoms with van der Waals surface area (Å²) in [7, 11) is 0. The van der Waals surface area contributed by atoms with Gasteiger partial charge in [0.25, 0.3) is 0 Å². The van der Waals surface area contributed by atoms with E-state index in [1.807, 2.05) is 60.7 Å². The first-order valence-corrected chi connectivity index (χ1v) is 12.8. The lowest BCUT2D eigenvalue weighted by molar-refractivity contribution is -0.180. The van der Waals surface area contributed by atoms with Crippen molar-refractivity contribution in [3.05, 3.63) is 105 Å². The Labute approximate surface area is 223 Å². The van der Waals surface area contributed by atoms with Crippen LogP contribution >= 0.6 is 34.8 Å². The van der Waals surface area contributed by atoms with E-state index in [1.165, 1.54) is 0 Å². The van der Waals surface area contributed by atoms with Crippen LogP contribution < -0.4 is 0 Å². The molecule has 0 saturated carbocycles. The van der Waals surface area contributed by atoms with Gasteiger partial charge in [0.15, 0.2) is 18.9 Å². The lowest BCUT2D eigenvalue weighted by atomic mass is 10.0. The van der Waals surface area contributed by atoms with Crippen molar-refractivity contribution in [3.8, 4) is 0 Å². The van der Waals surface area contributed by atoms with E-state index in [0.717, 1.165) is 16.7 Å². The Morgan fingerprint density at radius 3 is 1.14 bits per heavy atom. The van der Waals surface area contributed by atoms with Gasteiger partial charge >= 0.3 is 0 Å². The monoisotopic (exact) mass is 548 g/mol. The molecule has 3 fully saturated rings. The van der Waals surface area contributed by atoms with Crippen molar-refractivity contribution in [2.24, 2.45) is 0 Å². The summed E-state index contributed by atoms with van der Waals surface area (Å²) in [5.74, 6) is 0. The highest BCUT2D eigenvalue weighted by atomic mass is 35.5. The largest absolute Gasteiger partial charge is 0.346 e. The third-order valence-corrected chi connectivity index (χ3v) is 7.22. The maximum absolute atomic E-state index is 6.41. The molecular weight excluding hydrogens is 527 g/mol. The molecule has 3 aliphatic rings. The van der Waals surface area contributed by atoms with Crippen molar-refractivity contribution in [1.82, 2.24) is 0 Å². The number of hydrogen-bond acceptors (Lipinski definition) is 6. The molecule has 0 aromatic heterocycles. The highest BCUT2D eigenvalue weighted by molar-refractivity contribution is 6.31. The molecule has 3 aromatic rings. The Kier molecular flexibility index (Phi) is 7.23. The van der Waals surface area contributed by atoms with E-state index < -0.39 is 43.3 Å². The van der Waals surface area contributed by atoms with Crippen LogP contribution in [0.15, 0.2) is 72.8 Å². The Bertz CT molecular complexity index is 1100. The van der Waals surface area contributed by atoms with E-state index in [4.69, 9.17) is 63.2 Å². The maximum atomic E-state index is 6.41. The van der Waals surface area contributed by atoms with E-state index in [-0.39, 0.29) is 13.2 Å². The van der Waals surface area contributed by atoms with Crippen LogP contribution in [0.25, 0.3) is 0 Å². The van der Waals surface area contributed by atoms with Crippen LogP contribution in [0.1, 0.15) is 35.6 Å². The Morgan fingerprint density at radius 1 is 0.444 bits per heavy atom. The van der Waals surface area contributed by atoms with Gasteiger partial charge in [0, 0.05) is 31.8 Å². The Morgan fingerprint density at radius 2 is 0.778 bits per heavy atom. The minimum Gasteiger partial charge on any atom is -0.346 e. The van der Waals surface area contributed by atoms with Crippen LogP contribution in [0, 0.1) is 0 Å². The van der Waals surface area contributed by atoms with Crippen LogP contribution in [0.5, 0.6) is 0 Å². The van der Waals surface area contributed by atoms with Gasteiger partial charge in [0.1, 0.15) is 24.4 Å². The van der Waals surface area contributed by atoms with Gasteiger partial charge in [-0.2, -0.15) is 0 Å². The van der Waals surface area contributed by atoms with Crippen LogP contribution in [-0.4, -0.2) is 37.6 Å². The highest BCUT2D eigenvalue weighted by Crippen LogP contribution is 2.42. The predicted molar refractivity (Wildman–Crippen MR) is 134 cm³/mol. The number of fused-ring (bicyclic) bond motifs is 3. The lowest BCUT2D eigenvalue weighted by Crippen LogP contribution is -2.43. The second kappa shape index (κ2) is 10.6. The van der Waals surface area contributed by atoms with E-state index in [9.17, 15) is 0 Å². The Balaban J connectivity index is 1.29. The summed E-state index contributed by atoms with van der Waals surface area (Å²) in [4.78, 5) is 0. The zero-order valence-electron chi connectivity index (χ0n) is 19.0. The van der Waals surface area contributed by atoms with E-state index in [2.05, 4.69) is 0 Å². The maximum Gasteiger partial charge on any atom is 0.184 e. The van der Waals surface area contributed by atoms with E-state index >= 15 is 0 Å². The second-order valence-electron chi connectivity index (χ2n) is 8.87. The lowest BCUT2D eigenvalue weighted by Gasteiger charge is -2.23. The summed E-state index contributed by atoms with van der Waals surface area (Å²) in [5.41, 5.74) is 2.56. The summed E-state index contributed by atoms with van der Waals surface area (Å²) >= 11 is 18.2. The molecule has 0 N–H and O–H groups in total. The molecule has 0 aliphatic carbocycles. The van der Waals surface area contributed by atoms with Crippen molar-refractivity contribution in [2.75, 3.05) is 13.2 Å². The van der Waals surface area contributed by atoms with Gasteiger partial charge in [-0.1, -0.05) is 71.2 Å². The topological polar surface area (TPSA) is 55.4 Å². The molecule has 0 radical (unpaired) electrons. The predicted octanol–water partition coefficient (Wildman–Crippen LogP) is 6.66. The Hall–Kier alpha value is -1.71. The fraction of sp³-hybridized carbons (Fsp3) is 0.333. The molecular formula is C27H23Cl3O6. The third kappa shape index (κ3) is 5.16. The normalized spacial score (nSPS) is 32.2. The minimum absolute atomic E-state index is 0.236. The average Bonchev–Trinajstić information content (AvgIpc) is 3.50. The molecule has 7 atom stereocenters. The molecule has 188 valence electrons. The van der Waals surface area contributed by atoms with Crippen molar-refractivity contribution in [2.45, 2.75) is 43.3 Å². The average molecular weight is 550 g/mol. The highest BCUT2D eigenvalue weighted by Gasteiger charge is 2.51. The smallest absolute Gasteiger partial charge is 0.184 e. The first-order chi connectivity index (χ1) is 17.5. The van der Waals surface area contributed by atoms with Crippen LogP contribution in [0.2, 0.25) is 15.1 Å². The minimum atomic E-state index is -0.627. The SMILES string of the molecule is Clc1ccc(C2OC[C@@H]3OC(c4ccc(Cl)cc4)O[C@H]3[C@@H]3OC(c4ccc(Cl)cc4)O[C@@H]3CO2)cc1. The molecule has 0 amide bonds. The van der Waals surface area contributed by atoms with Gasteiger partial charge in [-0.25, -0.2) is 0 Å². The van der Waals surface area contributed by atoms with E-state index in [1.54, 1.807) is 12.1 Å². The standard InChI is InChI=1S/C27H23Cl3O6/c28-18-7-1-15(2-8-18)25-31-13-21-23(35-26(33-21)16-3-9-19(29)10-4-16)24-22(14-32-25)34-27(36-24)17-5-11-20(30)12-6-17/h1-12,21-27H,13-14H2/t21-,22+,23-,24-,25?,26?,27?/m1/s1. The number of hydrogen-bond donors (Lipinski definition) is 0. The fourth-order valence-corrected chi connectivity index (χ4v) is 5.00. The summed E-state index contributed by atoms with van der Waals surface area (Å²) in [6.45, 7) is 0.473. The summed E-state index contributed by atoms with van der Waals surface area (Å²) in [6, 6.07) is 22.2. The molecule has 3 unspecified atom stereocenters. The van der Waals surface area contributed by atoms with Crippen molar-refractivity contribution in [1.29, 1.82) is 0 Å². The number of benzene rings is 3. The third-order valence-electron chi connectivity index (χ3n) is 6.47. The van der Waals surface area contributed by atoms with Gasteiger partial charge in [0.2, 0.25) is 0 Å². The van der Waals surface area contributed by atoms with Gasteiger partial charge < -0.3 is 28.4 Å². The number of ether oxygens (including phenoxy) is 6. The van der Waals surface area contributed by atoms with Gasteiger partial charge in [-0.3, -0.25) is 0 Å². The van der Waals surface area contributed by atoms with Gasteiger partial charge in [-0.15, -0.1) is 0 Å². The molecule has 3 aromatic carbocycles. The summed E-state index contributed by atoms with van der Waals surface area (Å²) in [6.07, 6.45) is -3.52. The van der Waals surface area contributed by atoms with Crippen LogP contribution in [-0.2, 0) is 28.4 Å².